The van der Waals surface area contributed by atoms with E-state index in [0.29, 0.717) is 5.71 Å². The number of pyridine rings is 1. The second-order valence-electron chi connectivity index (χ2n) is 1.93. The van der Waals surface area contributed by atoms with Crippen LogP contribution in [0.25, 0.3) is 11.1 Å². The minimum absolute atomic E-state index is 0.715. The van der Waals surface area contributed by atoms with Gasteiger partial charge in [-0.1, -0.05) is 0 Å². The van der Waals surface area contributed by atoms with E-state index in [0.717, 1.165) is 5.39 Å². The first-order valence-corrected chi connectivity index (χ1v) is 3.93. The van der Waals surface area contributed by atoms with E-state index in [1.54, 1.807) is 12.5 Å². The summed E-state index contributed by atoms with van der Waals surface area (Å²) >= 11 is 2.25. The van der Waals surface area contributed by atoms with Crippen molar-refractivity contribution in [3.63, 3.8) is 0 Å². The van der Waals surface area contributed by atoms with Crippen LogP contribution in [0.4, 0.5) is 0 Å². The molecule has 50 valence electrons. The van der Waals surface area contributed by atoms with Crippen LogP contribution in [0.3, 0.4) is 0 Å². The largest absolute Gasteiger partial charge is 0.446 e. The lowest BCUT2D eigenvalue weighted by molar-refractivity contribution is 0.603. The molecule has 10 heavy (non-hydrogen) atoms. The number of hydrogen-bond acceptors (Lipinski definition) is 2. The molecule has 3 heteroatoms. The Morgan fingerprint density at radius 1 is 1.40 bits per heavy atom. The summed E-state index contributed by atoms with van der Waals surface area (Å²) in [6.07, 6.45) is 3.40. The molecule has 2 nitrogen and oxygen atoms in total. The third kappa shape index (κ3) is 0.811. The molecule has 0 amide bonds. The molecule has 0 atom stereocenters. The van der Waals surface area contributed by atoms with Crippen LogP contribution >= 0.6 is 22.6 Å². The first-order chi connectivity index (χ1) is 4.88. The third-order valence-electron chi connectivity index (χ3n) is 1.31. The van der Waals surface area contributed by atoms with Crippen LogP contribution in [0, 0.1) is 3.57 Å². The standard InChI is InChI=1S/C7H4INO/c8-6-1-3-9-7-5(6)2-4-10-7/h1-4H. The first kappa shape index (κ1) is 6.15. The molecule has 0 saturated carbocycles. The highest BCUT2D eigenvalue weighted by Gasteiger charge is 1.99. The Hall–Kier alpha value is -0.580. The van der Waals surface area contributed by atoms with E-state index in [2.05, 4.69) is 27.6 Å². The zero-order valence-electron chi connectivity index (χ0n) is 5.04. The molecule has 0 spiro atoms. The Labute approximate surface area is 71.4 Å². The quantitative estimate of drug-likeness (QED) is 0.666. The van der Waals surface area contributed by atoms with Gasteiger partial charge in [0.2, 0.25) is 5.71 Å². The Morgan fingerprint density at radius 2 is 2.30 bits per heavy atom. The van der Waals surface area contributed by atoms with Crippen molar-refractivity contribution in [2.75, 3.05) is 0 Å². The van der Waals surface area contributed by atoms with Gasteiger partial charge in [0.15, 0.2) is 0 Å². The van der Waals surface area contributed by atoms with Crippen LogP contribution < -0.4 is 0 Å². The fourth-order valence-electron chi connectivity index (χ4n) is 0.843. The van der Waals surface area contributed by atoms with Gasteiger partial charge in [-0.2, -0.15) is 0 Å². The maximum atomic E-state index is 5.08. The Kier molecular flexibility index (Phi) is 1.37. The number of rotatable bonds is 0. The summed E-state index contributed by atoms with van der Waals surface area (Å²) in [7, 11) is 0. The maximum Gasteiger partial charge on any atom is 0.226 e. The van der Waals surface area contributed by atoms with E-state index in [4.69, 9.17) is 4.42 Å². The molecular formula is C7H4INO. The molecule has 0 aromatic carbocycles. The van der Waals surface area contributed by atoms with Gasteiger partial charge in [0, 0.05) is 9.77 Å². The van der Waals surface area contributed by atoms with E-state index in [-0.39, 0.29) is 0 Å². The molecule has 0 N–H and O–H groups in total. The maximum absolute atomic E-state index is 5.08. The van der Waals surface area contributed by atoms with Gasteiger partial charge in [-0.25, -0.2) is 4.98 Å². The normalized spacial score (nSPS) is 10.5. The highest BCUT2D eigenvalue weighted by atomic mass is 127. The molecule has 0 saturated heterocycles. The molecule has 0 fully saturated rings. The van der Waals surface area contributed by atoms with Crippen molar-refractivity contribution in [3.8, 4) is 0 Å². The van der Waals surface area contributed by atoms with Gasteiger partial charge in [0.1, 0.15) is 0 Å². The van der Waals surface area contributed by atoms with E-state index >= 15 is 0 Å². The van der Waals surface area contributed by atoms with Gasteiger partial charge >= 0.3 is 0 Å². The van der Waals surface area contributed by atoms with Gasteiger partial charge in [-0.15, -0.1) is 0 Å². The molecule has 2 aromatic rings. The number of nitrogens with zero attached hydrogens (tertiary/aromatic N) is 1. The van der Waals surface area contributed by atoms with Crippen LogP contribution in [-0.4, -0.2) is 4.98 Å². The molecule has 0 unspecified atom stereocenters. The van der Waals surface area contributed by atoms with Crippen molar-refractivity contribution in [2.24, 2.45) is 0 Å². The van der Waals surface area contributed by atoms with Gasteiger partial charge in [0.05, 0.1) is 11.6 Å². The lowest BCUT2D eigenvalue weighted by Crippen LogP contribution is -1.74. The lowest BCUT2D eigenvalue weighted by Gasteiger charge is -1.87. The summed E-state index contributed by atoms with van der Waals surface area (Å²) in [5.74, 6) is 0. The number of fused-ring (bicyclic) bond motifs is 1. The average Bonchev–Trinajstić information content (AvgIpc) is 2.36. The summed E-state index contributed by atoms with van der Waals surface area (Å²) in [6, 6.07) is 3.88. The minimum atomic E-state index is 0.715. The topological polar surface area (TPSA) is 26.0 Å². The molecule has 2 rings (SSSR count). The van der Waals surface area contributed by atoms with Gasteiger partial charge < -0.3 is 4.42 Å². The van der Waals surface area contributed by atoms with Crippen LogP contribution in [0.15, 0.2) is 29.0 Å². The van der Waals surface area contributed by atoms with E-state index < -0.39 is 0 Å². The van der Waals surface area contributed by atoms with Crippen LogP contribution in [0.5, 0.6) is 0 Å². The zero-order chi connectivity index (χ0) is 6.97. The summed E-state index contributed by atoms with van der Waals surface area (Å²) in [5, 5.41) is 1.09. The Bertz CT molecular complexity index is 355. The smallest absolute Gasteiger partial charge is 0.226 e. The molecule has 0 aliphatic rings. The summed E-state index contributed by atoms with van der Waals surface area (Å²) in [6.45, 7) is 0. The molecule has 0 radical (unpaired) electrons. The zero-order valence-corrected chi connectivity index (χ0v) is 7.20. The third-order valence-corrected chi connectivity index (χ3v) is 2.26. The van der Waals surface area contributed by atoms with E-state index in [1.165, 1.54) is 3.57 Å². The van der Waals surface area contributed by atoms with Crippen molar-refractivity contribution in [1.82, 2.24) is 4.98 Å². The predicted molar refractivity (Wildman–Crippen MR) is 46.7 cm³/mol. The van der Waals surface area contributed by atoms with Crippen molar-refractivity contribution in [1.29, 1.82) is 0 Å². The van der Waals surface area contributed by atoms with E-state index in [9.17, 15) is 0 Å². The summed E-state index contributed by atoms with van der Waals surface area (Å²) in [4.78, 5) is 4.03. The van der Waals surface area contributed by atoms with Crippen LogP contribution in [0.1, 0.15) is 0 Å². The van der Waals surface area contributed by atoms with Crippen molar-refractivity contribution in [2.45, 2.75) is 0 Å². The van der Waals surface area contributed by atoms with Crippen molar-refractivity contribution in [3.05, 3.63) is 28.2 Å². The van der Waals surface area contributed by atoms with Gasteiger partial charge in [0.25, 0.3) is 0 Å². The number of furan rings is 1. The summed E-state index contributed by atoms with van der Waals surface area (Å²) < 4.78 is 6.26. The van der Waals surface area contributed by atoms with E-state index in [1.807, 2.05) is 12.1 Å². The second kappa shape index (κ2) is 2.23. The monoisotopic (exact) mass is 245 g/mol. The first-order valence-electron chi connectivity index (χ1n) is 2.85. The number of aromatic nitrogens is 1. The Morgan fingerprint density at radius 3 is 3.10 bits per heavy atom. The molecule has 2 aromatic heterocycles. The summed E-state index contributed by atoms with van der Waals surface area (Å²) in [5.41, 5.74) is 0.715. The van der Waals surface area contributed by atoms with Gasteiger partial charge in [-0.05, 0) is 34.7 Å². The molecule has 2 heterocycles. The van der Waals surface area contributed by atoms with Gasteiger partial charge in [-0.3, -0.25) is 0 Å². The van der Waals surface area contributed by atoms with Crippen LogP contribution in [0.2, 0.25) is 0 Å². The lowest BCUT2D eigenvalue weighted by atomic mass is 10.3. The molecular weight excluding hydrogens is 241 g/mol. The molecule has 0 bridgehead atoms. The highest BCUT2D eigenvalue weighted by molar-refractivity contribution is 14.1. The number of halogens is 1. The molecule has 0 aliphatic heterocycles. The molecule has 0 aliphatic carbocycles. The highest BCUT2D eigenvalue weighted by Crippen LogP contribution is 2.18. The predicted octanol–water partition coefficient (Wildman–Crippen LogP) is 2.43. The Balaban J connectivity index is 2.95. The minimum Gasteiger partial charge on any atom is -0.446 e. The fourth-order valence-corrected chi connectivity index (χ4v) is 1.41. The second-order valence-corrected chi connectivity index (χ2v) is 3.09. The van der Waals surface area contributed by atoms with Crippen molar-refractivity contribution < 1.29 is 4.42 Å². The average molecular weight is 245 g/mol. The fraction of sp³-hybridized carbons (Fsp3) is 0. The number of hydrogen-bond donors (Lipinski definition) is 0. The van der Waals surface area contributed by atoms with Crippen LogP contribution in [-0.2, 0) is 0 Å². The SMILES string of the molecule is Ic1ccnc2occc12. The van der Waals surface area contributed by atoms with Crippen molar-refractivity contribution >= 4 is 33.7 Å².